The third kappa shape index (κ3) is 4.42. The summed E-state index contributed by atoms with van der Waals surface area (Å²) in [6, 6.07) is 6.52. The summed E-state index contributed by atoms with van der Waals surface area (Å²) < 4.78 is 9.59. The van der Waals surface area contributed by atoms with Gasteiger partial charge in [-0.05, 0) is 12.1 Å². The Balaban J connectivity index is 2.38. The van der Waals surface area contributed by atoms with E-state index in [0.29, 0.717) is 18.8 Å². The van der Waals surface area contributed by atoms with E-state index in [1.54, 1.807) is 24.3 Å². The molecule has 0 spiro atoms. The predicted octanol–water partition coefficient (Wildman–Crippen LogP) is 0.188. The maximum Gasteiger partial charge on any atom is 0.340 e. The first kappa shape index (κ1) is 14.0. The summed E-state index contributed by atoms with van der Waals surface area (Å²) in [7, 11) is 1.53. The van der Waals surface area contributed by atoms with Crippen molar-refractivity contribution in [1.82, 2.24) is 5.32 Å². The molecule has 0 aliphatic rings. The summed E-state index contributed by atoms with van der Waals surface area (Å²) in [4.78, 5) is 22.9. The van der Waals surface area contributed by atoms with Crippen LogP contribution in [0.1, 0.15) is 10.4 Å². The number of benzene rings is 1. The van der Waals surface area contributed by atoms with Crippen LogP contribution >= 0.6 is 0 Å². The Kier molecular flexibility index (Phi) is 5.66. The van der Waals surface area contributed by atoms with Gasteiger partial charge < -0.3 is 20.5 Å². The fraction of sp³-hybridized carbons (Fsp3) is 0.333. The Labute approximate surface area is 105 Å². The van der Waals surface area contributed by atoms with Crippen LogP contribution in [-0.2, 0) is 14.3 Å². The van der Waals surface area contributed by atoms with Gasteiger partial charge in [0, 0.05) is 19.3 Å². The van der Waals surface area contributed by atoms with Crippen molar-refractivity contribution in [3.63, 3.8) is 0 Å². The highest BCUT2D eigenvalue weighted by molar-refractivity contribution is 5.96. The van der Waals surface area contributed by atoms with Crippen LogP contribution in [0.25, 0.3) is 0 Å². The number of carbonyl (C=O) groups is 2. The first-order valence-corrected chi connectivity index (χ1v) is 5.42. The van der Waals surface area contributed by atoms with Crippen LogP contribution in [-0.4, -0.2) is 38.7 Å². The van der Waals surface area contributed by atoms with Gasteiger partial charge in [-0.25, -0.2) is 4.79 Å². The molecule has 0 saturated heterocycles. The molecule has 0 fully saturated rings. The van der Waals surface area contributed by atoms with E-state index in [9.17, 15) is 9.59 Å². The molecule has 18 heavy (non-hydrogen) atoms. The third-order valence-corrected chi connectivity index (χ3v) is 2.14. The molecule has 1 aromatic rings. The number of methoxy groups -OCH3 is 1. The van der Waals surface area contributed by atoms with Gasteiger partial charge in [0.15, 0.2) is 6.61 Å². The van der Waals surface area contributed by atoms with E-state index in [2.05, 4.69) is 5.32 Å². The molecule has 3 N–H and O–H groups in total. The molecule has 0 aliphatic heterocycles. The van der Waals surface area contributed by atoms with Gasteiger partial charge in [0.2, 0.25) is 0 Å². The lowest BCUT2D eigenvalue weighted by Gasteiger charge is -2.07. The highest BCUT2D eigenvalue weighted by Gasteiger charge is 2.12. The minimum absolute atomic E-state index is 0.252. The lowest BCUT2D eigenvalue weighted by molar-refractivity contribution is -0.124. The van der Waals surface area contributed by atoms with Crippen molar-refractivity contribution in [2.24, 2.45) is 0 Å². The number of rotatable bonds is 6. The van der Waals surface area contributed by atoms with Gasteiger partial charge in [-0.15, -0.1) is 0 Å². The Morgan fingerprint density at radius 2 is 2.06 bits per heavy atom. The SMILES string of the molecule is COCCNC(=O)COC(=O)c1ccccc1N. The number of hydrogen-bond acceptors (Lipinski definition) is 5. The Morgan fingerprint density at radius 3 is 2.72 bits per heavy atom. The minimum Gasteiger partial charge on any atom is -0.452 e. The summed E-state index contributed by atoms with van der Waals surface area (Å²) >= 11 is 0. The zero-order valence-corrected chi connectivity index (χ0v) is 10.1. The van der Waals surface area contributed by atoms with Gasteiger partial charge >= 0.3 is 5.97 Å². The van der Waals surface area contributed by atoms with Crippen LogP contribution in [0.4, 0.5) is 5.69 Å². The molecule has 98 valence electrons. The van der Waals surface area contributed by atoms with Gasteiger partial charge in [-0.3, -0.25) is 4.79 Å². The minimum atomic E-state index is -0.616. The molecule has 0 unspecified atom stereocenters. The van der Waals surface area contributed by atoms with Crippen LogP contribution in [0.2, 0.25) is 0 Å². The molecular weight excluding hydrogens is 236 g/mol. The average Bonchev–Trinajstić information content (AvgIpc) is 2.37. The number of hydrogen-bond donors (Lipinski definition) is 2. The molecule has 6 nitrogen and oxygen atoms in total. The molecule has 1 amide bonds. The quantitative estimate of drug-likeness (QED) is 0.428. The molecule has 0 heterocycles. The normalized spacial score (nSPS) is 9.83. The number of amides is 1. The second kappa shape index (κ2) is 7.29. The van der Waals surface area contributed by atoms with E-state index >= 15 is 0 Å². The van der Waals surface area contributed by atoms with Gasteiger partial charge in [0.25, 0.3) is 5.91 Å². The van der Waals surface area contributed by atoms with Crippen LogP contribution < -0.4 is 11.1 Å². The van der Waals surface area contributed by atoms with E-state index in [4.69, 9.17) is 15.2 Å². The summed E-state index contributed by atoms with van der Waals surface area (Å²) in [5.74, 6) is -0.995. The fourth-order valence-electron chi connectivity index (χ4n) is 1.24. The van der Waals surface area contributed by atoms with Crippen molar-refractivity contribution >= 4 is 17.6 Å². The molecular formula is C12H16N2O4. The van der Waals surface area contributed by atoms with Crippen molar-refractivity contribution in [1.29, 1.82) is 0 Å². The maximum atomic E-state index is 11.6. The van der Waals surface area contributed by atoms with Crippen molar-refractivity contribution in [3.8, 4) is 0 Å². The molecule has 0 aliphatic carbocycles. The highest BCUT2D eigenvalue weighted by Crippen LogP contribution is 2.11. The van der Waals surface area contributed by atoms with Gasteiger partial charge in [0.05, 0.1) is 12.2 Å². The summed E-state index contributed by atoms with van der Waals surface area (Å²) in [6.07, 6.45) is 0. The second-order valence-corrected chi connectivity index (χ2v) is 3.51. The fourth-order valence-corrected chi connectivity index (χ4v) is 1.24. The average molecular weight is 252 g/mol. The van der Waals surface area contributed by atoms with E-state index in [0.717, 1.165) is 0 Å². The molecule has 6 heteroatoms. The third-order valence-electron chi connectivity index (χ3n) is 2.14. The van der Waals surface area contributed by atoms with Gasteiger partial charge in [0.1, 0.15) is 0 Å². The maximum absolute atomic E-state index is 11.6. The predicted molar refractivity (Wildman–Crippen MR) is 66.0 cm³/mol. The highest BCUT2D eigenvalue weighted by atomic mass is 16.5. The smallest absolute Gasteiger partial charge is 0.340 e. The summed E-state index contributed by atoms with van der Waals surface area (Å²) in [5, 5.41) is 2.53. The van der Waals surface area contributed by atoms with Crippen molar-refractivity contribution in [2.45, 2.75) is 0 Å². The molecule has 0 bridgehead atoms. The van der Waals surface area contributed by atoms with Gasteiger partial charge in [-0.1, -0.05) is 12.1 Å². The molecule has 0 radical (unpaired) electrons. The number of nitrogens with two attached hydrogens (primary N) is 1. The number of carbonyl (C=O) groups excluding carboxylic acids is 2. The van der Waals surface area contributed by atoms with E-state index in [1.807, 2.05) is 0 Å². The number of nitrogen functional groups attached to an aromatic ring is 1. The van der Waals surface area contributed by atoms with Crippen molar-refractivity contribution in [2.75, 3.05) is 32.6 Å². The topological polar surface area (TPSA) is 90.6 Å². The summed E-state index contributed by atoms with van der Waals surface area (Å²) in [6.45, 7) is 0.447. The first-order valence-electron chi connectivity index (χ1n) is 5.42. The zero-order chi connectivity index (χ0) is 13.4. The van der Waals surface area contributed by atoms with E-state index in [-0.39, 0.29) is 18.1 Å². The number of anilines is 1. The van der Waals surface area contributed by atoms with E-state index in [1.165, 1.54) is 7.11 Å². The Bertz CT molecular complexity index is 420. The lowest BCUT2D eigenvalue weighted by Crippen LogP contribution is -2.31. The van der Waals surface area contributed by atoms with Crippen LogP contribution in [0.3, 0.4) is 0 Å². The Hall–Kier alpha value is -2.08. The largest absolute Gasteiger partial charge is 0.452 e. The van der Waals surface area contributed by atoms with Crippen LogP contribution in [0.15, 0.2) is 24.3 Å². The second-order valence-electron chi connectivity index (χ2n) is 3.51. The number of nitrogens with one attached hydrogen (secondary N) is 1. The standard InChI is InChI=1S/C12H16N2O4/c1-17-7-6-14-11(15)8-18-12(16)9-4-2-3-5-10(9)13/h2-5H,6-8,13H2,1H3,(H,14,15). The molecule has 0 atom stereocenters. The molecule has 0 saturated carbocycles. The Morgan fingerprint density at radius 1 is 1.33 bits per heavy atom. The first-order chi connectivity index (χ1) is 8.65. The lowest BCUT2D eigenvalue weighted by atomic mass is 10.2. The van der Waals surface area contributed by atoms with Crippen LogP contribution in [0, 0.1) is 0 Å². The molecule has 0 aromatic heterocycles. The number of esters is 1. The number of ether oxygens (including phenoxy) is 2. The summed E-state index contributed by atoms with van der Waals surface area (Å²) in [5.41, 5.74) is 6.18. The zero-order valence-electron chi connectivity index (χ0n) is 10.1. The van der Waals surface area contributed by atoms with Crippen molar-refractivity contribution < 1.29 is 19.1 Å². The van der Waals surface area contributed by atoms with Gasteiger partial charge in [-0.2, -0.15) is 0 Å². The number of para-hydroxylation sites is 1. The molecule has 1 aromatic carbocycles. The van der Waals surface area contributed by atoms with Crippen LogP contribution in [0.5, 0.6) is 0 Å². The van der Waals surface area contributed by atoms with E-state index < -0.39 is 5.97 Å². The van der Waals surface area contributed by atoms with Crippen molar-refractivity contribution in [3.05, 3.63) is 29.8 Å². The monoisotopic (exact) mass is 252 g/mol. The molecule has 1 rings (SSSR count).